The van der Waals surface area contributed by atoms with Gasteiger partial charge < -0.3 is 16.4 Å². The van der Waals surface area contributed by atoms with E-state index in [1.54, 1.807) is 24.3 Å². The predicted octanol–water partition coefficient (Wildman–Crippen LogP) is 2.45. The first-order valence-corrected chi connectivity index (χ1v) is 9.30. The van der Waals surface area contributed by atoms with Crippen molar-refractivity contribution in [3.8, 4) is 6.07 Å². The van der Waals surface area contributed by atoms with Gasteiger partial charge in [-0.3, -0.25) is 9.59 Å². The second kappa shape index (κ2) is 8.03. The number of carbonyl (C=O) groups excluding carboxylic acids is 2. The monoisotopic (exact) mass is 383 g/mol. The maximum atomic E-state index is 12.9. The number of nitrogens with one attached hydrogen (secondary N) is 2. The van der Waals surface area contributed by atoms with Crippen LogP contribution >= 0.6 is 0 Å². The van der Waals surface area contributed by atoms with Crippen molar-refractivity contribution in [2.24, 2.45) is 0 Å². The lowest BCUT2D eigenvalue weighted by molar-refractivity contribution is -0.123. The fourth-order valence-corrected chi connectivity index (χ4v) is 3.97. The zero-order chi connectivity index (χ0) is 21.1. The molecule has 1 heterocycles. The number of anilines is 2. The number of piperidine rings is 1. The number of rotatable bonds is 4. The molecule has 150 valence electrons. The minimum atomic E-state index is -0.667. The number of nitrogens with two attached hydrogens (primary N) is 1. The molecule has 0 unspecified atom stereocenters. The number of imide groups is 1. The van der Waals surface area contributed by atoms with E-state index in [1.165, 1.54) is 13.1 Å². The van der Waals surface area contributed by atoms with Crippen molar-refractivity contribution in [2.45, 2.75) is 64.6 Å². The maximum Gasteiger partial charge on any atom is 0.277 e. The highest BCUT2D eigenvalue weighted by Crippen LogP contribution is 2.28. The molecular formula is C21H29N5O2. The van der Waals surface area contributed by atoms with Gasteiger partial charge in [0.15, 0.2) is 0 Å². The SMILES string of the molecule is CC(=O)N(C(=O)/C(C#N)=C\NC1CC(C)(C)NC(C)(C)C1)c1ccc(N)cc1. The highest BCUT2D eigenvalue weighted by Gasteiger charge is 2.37. The summed E-state index contributed by atoms with van der Waals surface area (Å²) in [6.45, 7) is 9.79. The van der Waals surface area contributed by atoms with E-state index in [2.05, 4.69) is 38.3 Å². The first-order valence-electron chi connectivity index (χ1n) is 9.30. The van der Waals surface area contributed by atoms with E-state index < -0.39 is 11.8 Å². The van der Waals surface area contributed by atoms with Crippen LogP contribution in [0.5, 0.6) is 0 Å². The Morgan fingerprint density at radius 1 is 1.21 bits per heavy atom. The molecule has 4 N–H and O–H groups in total. The van der Waals surface area contributed by atoms with Gasteiger partial charge in [-0.15, -0.1) is 0 Å². The van der Waals surface area contributed by atoms with Gasteiger partial charge in [0.05, 0.1) is 5.69 Å². The third kappa shape index (κ3) is 5.33. The van der Waals surface area contributed by atoms with Gasteiger partial charge in [-0.25, -0.2) is 4.90 Å². The number of nitrogen functional groups attached to an aromatic ring is 1. The molecule has 28 heavy (non-hydrogen) atoms. The molecule has 1 saturated heterocycles. The number of carbonyl (C=O) groups is 2. The van der Waals surface area contributed by atoms with Gasteiger partial charge in [-0.1, -0.05) is 0 Å². The summed E-state index contributed by atoms with van der Waals surface area (Å²) in [7, 11) is 0. The Bertz CT molecular complexity index is 802. The molecule has 0 aliphatic carbocycles. The fourth-order valence-electron chi connectivity index (χ4n) is 3.97. The van der Waals surface area contributed by atoms with Gasteiger partial charge in [0.2, 0.25) is 5.91 Å². The minimum absolute atomic E-state index is 0.0700. The van der Waals surface area contributed by atoms with Gasteiger partial charge >= 0.3 is 0 Å². The summed E-state index contributed by atoms with van der Waals surface area (Å²) in [5.41, 5.74) is 6.30. The second-order valence-corrected chi connectivity index (χ2v) is 8.59. The number of nitrogens with zero attached hydrogens (tertiary/aromatic N) is 2. The summed E-state index contributed by atoms with van der Waals surface area (Å²) in [6.07, 6.45) is 3.11. The molecule has 0 aromatic heterocycles. The zero-order valence-corrected chi connectivity index (χ0v) is 17.2. The van der Waals surface area contributed by atoms with Gasteiger partial charge in [-0.05, 0) is 64.8 Å². The number of amides is 2. The molecule has 1 aromatic rings. The van der Waals surface area contributed by atoms with Gasteiger partial charge in [0.1, 0.15) is 11.6 Å². The van der Waals surface area contributed by atoms with E-state index in [9.17, 15) is 14.9 Å². The summed E-state index contributed by atoms with van der Waals surface area (Å²) < 4.78 is 0. The van der Waals surface area contributed by atoms with Crippen molar-refractivity contribution < 1.29 is 9.59 Å². The molecule has 0 spiro atoms. The van der Waals surface area contributed by atoms with Crippen molar-refractivity contribution in [1.82, 2.24) is 10.6 Å². The third-order valence-electron chi connectivity index (χ3n) is 4.67. The highest BCUT2D eigenvalue weighted by atomic mass is 16.2. The molecule has 1 aromatic carbocycles. The average molecular weight is 383 g/mol. The Labute approximate surface area is 166 Å². The highest BCUT2D eigenvalue weighted by molar-refractivity contribution is 6.21. The summed E-state index contributed by atoms with van der Waals surface area (Å²) in [5, 5.41) is 16.3. The van der Waals surface area contributed by atoms with Crippen molar-refractivity contribution in [3.63, 3.8) is 0 Å². The molecule has 2 amide bonds. The van der Waals surface area contributed by atoms with Crippen molar-refractivity contribution in [1.29, 1.82) is 5.26 Å². The first kappa shape index (κ1) is 21.5. The molecule has 0 bridgehead atoms. The molecule has 1 aliphatic rings. The second-order valence-electron chi connectivity index (χ2n) is 8.59. The largest absolute Gasteiger partial charge is 0.399 e. The van der Waals surface area contributed by atoms with Crippen molar-refractivity contribution >= 4 is 23.2 Å². The topological polar surface area (TPSA) is 111 Å². The third-order valence-corrected chi connectivity index (χ3v) is 4.67. The van der Waals surface area contributed by atoms with Crippen molar-refractivity contribution in [2.75, 3.05) is 10.6 Å². The summed E-state index contributed by atoms with van der Waals surface area (Å²) in [5.74, 6) is -1.14. The molecule has 0 saturated carbocycles. The Morgan fingerprint density at radius 2 is 1.75 bits per heavy atom. The molecule has 0 atom stereocenters. The van der Waals surface area contributed by atoms with E-state index in [0.29, 0.717) is 11.4 Å². The van der Waals surface area contributed by atoms with Crippen LogP contribution < -0.4 is 21.3 Å². The van der Waals surface area contributed by atoms with Gasteiger partial charge in [0, 0.05) is 35.9 Å². The summed E-state index contributed by atoms with van der Waals surface area (Å²) in [4.78, 5) is 25.9. The molecule has 7 heteroatoms. The quantitative estimate of drug-likeness (QED) is 0.418. The van der Waals surface area contributed by atoms with Crippen LogP contribution in [0.4, 0.5) is 11.4 Å². The van der Waals surface area contributed by atoms with Crippen LogP contribution in [0, 0.1) is 11.3 Å². The molecular weight excluding hydrogens is 354 g/mol. The number of hydrogen-bond donors (Lipinski definition) is 3. The van der Waals surface area contributed by atoms with Crippen LogP contribution in [0.3, 0.4) is 0 Å². The Morgan fingerprint density at radius 3 is 2.21 bits per heavy atom. The van der Waals surface area contributed by atoms with Crippen LogP contribution in [-0.4, -0.2) is 28.9 Å². The van der Waals surface area contributed by atoms with E-state index in [-0.39, 0.29) is 22.7 Å². The van der Waals surface area contributed by atoms with E-state index in [0.717, 1.165) is 17.7 Å². The smallest absolute Gasteiger partial charge is 0.277 e. The zero-order valence-electron chi connectivity index (χ0n) is 17.2. The Balaban J connectivity index is 2.22. The number of benzene rings is 1. The normalized spacial score (nSPS) is 18.8. The molecule has 1 aliphatic heterocycles. The number of hydrogen-bond acceptors (Lipinski definition) is 6. The van der Waals surface area contributed by atoms with E-state index in [1.807, 2.05) is 6.07 Å². The summed E-state index contributed by atoms with van der Waals surface area (Å²) >= 11 is 0. The standard InChI is InChI=1S/C21H29N5O2/c1-14(27)26(18-8-6-16(23)7-9-18)19(28)15(12-22)13-24-17-10-20(2,3)25-21(4,5)11-17/h6-9,13,17,24-25H,10-11,23H2,1-5H3/b15-13-. The fraction of sp³-hybridized carbons (Fsp3) is 0.476. The lowest BCUT2D eigenvalue weighted by atomic mass is 9.79. The van der Waals surface area contributed by atoms with Gasteiger partial charge in [-0.2, -0.15) is 5.26 Å². The van der Waals surface area contributed by atoms with Crippen LogP contribution in [0.2, 0.25) is 0 Å². The number of nitriles is 1. The molecule has 0 radical (unpaired) electrons. The molecule has 7 nitrogen and oxygen atoms in total. The lowest BCUT2D eigenvalue weighted by Crippen LogP contribution is -2.61. The summed E-state index contributed by atoms with van der Waals surface area (Å²) in [6, 6.07) is 8.38. The first-order chi connectivity index (χ1) is 12.9. The average Bonchev–Trinajstić information content (AvgIpc) is 2.54. The predicted molar refractivity (Wildman–Crippen MR) is 110 cm³/mol. The maximum absolute atomic E-state index is 12.9. The van der Waals surface area contributed by atoms with Crippen molar-refractivity contribution in [3.05, 3.63) is 36.0 Å². The Hall–Kier alpha value is -2.85. The Kier molecular flexibility index (Phi) is 6.15. The molecule has 1 fully saturated rings. The van der Waals surface area contributed by atoms with Crippen LogP contribution in [-0.2, 0) is 9.59 Å². The van der Waals surface area contributed by atoms with Crippen LogP contribution in [0.15, 0.2) is 36.0 Å². The van der Waals surface area contributed by atoms with E-state index in [4.69, 9.17) is 5.73 Å². The lowest BCUT2D eigenvalue weighted by Gasteiger charge is -2.46. The van der Waals surface area contributed by atoms with Crippen LogP contribution in [0.25, 0.3) is 0 Å². The molecule has 2 rings (SSSR count). The minimum Gasteiger partial charge on any atom is -0.399 e. The van der Waals surface area contributed by atoms with E-state index >= 15 is 0 Å². The van der Waals surface area contributed by atoms with Crippen LogP contribution in [0.1, 0.15) is 47.5 Å². The van der Waals surface area contributed by atoms with Gasteiger partial charge in [0.25, 0.3) is 5.91 Å².